The molecule has 0 saturated carbocycles. The molecule has 1 aromatic heterocycles. The second-order valence-corrected chi connectivity index (χ2v) is 4.22. The van der Waals surface area contributed by atoms with Crippen molar-refractivity contribution in [3.63, 3.8) is 0 Å². The van der Waals surface area contributed by atoms with Crippen LogP contribution in [0, 0.1) is 0 Å². The molecule has 0 atom stereocenters. The molecule has 0 amide bonds. The van der Waals surface area contributed by atoms with Crippen LogP contribution in [0.25, 0.3) is 0 Å². The van der Waals surface area contributed by atoms with Gasteiger partial charge in [0.25, 0.3) is 5.56 Å². The fourth-order valence-electron chi connectivity index (χ4n) is 2.15. The van der Waals surface area contributed by atoms with Crippen LogP contribution < -0.4 is 16.1 Å². The van der Waals surface area contributed by atoms with Gasteiger partial charge >= 0.3 is 5.69 Å². The van der Waals surface area contributed by atoms with Gasteiger partial charge in [-0.2, -0.15) is 0 Å². The highest BCUT2D eigenvalue weighted by atomic mass is 16.7. The van der Waals surface area contributed by atoms with Crippen LogP contribution in [0.2, 0.25) is 0 Å². The van der Waals surface area contributed by atoms with E-state index in [-0.39, 0.29) is 6.10 Å². The van der Waals surface area contributed by atoms with Gasteiger partial charge in [-0.15, -0.1) is 5.10 Å². The Morgan fingerprint density at radius 2 is 1.89 bits per heavy atom. The van der Waals surface area contributed by atoms with Crippen LogP contribution in [0.4, 0.5) is 0 Å². The Morgan fingerprint density at radius 3 is 2.50 bits per heavy atom. The van der Waals surface area contributed by atoms with E-state index in [9.17, 15) is 9.59 Å². The highest BCUT2D eigenvalue weighted by Crippen LogP contribution is 2.21. The molecule has 0 bridgehead atoms. The molecule has 0 saturated heterocycles. The molecule has 1 aromatic carbocycles. The van der Waals surface area contributed by atoms with Crippen molar-refractivity contribution in [1.29, 1.82) is 0 Å². The van der Waals surface area contributed by atoms with E-state index in [0.717, 1.165) is 23.9 Å². The summed E-state index contributed by atoms with van der Waals surface area (Å²) in [6, 6.07) is 8.04. The number of hydrogen-bond acceptors (Lipinski definition) is 4. The zero-order valence-electron chi connectivity index (χ0n) is 9.50. The Labute approximate surface area is 102 Å². The Kier molecular flexibility index (Phi) is 2.47. The first-order valence-corrected chi connectivity index (χ1v) is 5.65. The molecule has 6 nitrogen and oxygen atoms in total. The van der Waals surface area contributed by atoms with E-state index in [4.69, 9.17) is 4.84 Å². The quantitative estimate of drug-likeness (QED) is 0.775. The van der Waals surface area contributed by atoms with Crippen molar-refractivity contribution in [3.05, 3.63) is 62.4 Å². The highest BCUT2D eigenvalue weighted by Gasteiger charge is 2.23. The van der Waals surface area contributed by atoms with Gasteiger partial charge in [0.1, 0.15) is 12.3 Å². The van der Waals surface area contributed by atoms with Crippen LogP contribution in [0.15, 0.2) is 40.1 Å². The number of fused-ring (bicyclic) bond motifs is 1. The third kappa shape index (κ3) is 1.92. The van der Waals surface area contributed by atoms with E-state index >= 15 is 0 Å². The second kappa shape index (κ2) is 4.14. The molecule has 1 heterocycles. The molecule has 92 valence electrons. The van der Waals surface area contributed by atoms with E-state index in [0.29, 0.717) is 0 Å². The molecule has 0 unspecified atom stereocenters. The van der Waals surface area contributed by atoms with Crippen LogP contribution in [0.1, 0.15) is 11.1 Å². The van der Waals surface area contributed by atoms with Crippen molar-refractivity contribution in [1.82, 2.24) is 14.9 Å². The van der Waals surface area contributed by atoms with Crippen molar-refractivity contribution >= 4 is 0 Å². The van der Waals surface area contributed by atoms with Crippen molar-refractivity contribution in [2.24, 2.45) is 0 Å². The first kappa shape index (κ1) is 10.8. The lowest BCUT2D eigenvalue weighted by molar-refractivity contribution is 0.00946. The second-order valence-electron chi connectivity index (χ2n) is 4.22. The van der Waals surface area contributed by atoms with E-state index in [1.165, 1.54) is 11.1 Å². The average Bonchev–Trinajstić information content (AvgIpc) is 2.75. The van der Waals surface area contributed by atoms with Crippen LogP contribution in [0.5, 0.6) is 0 Å². The van der Waals surface area contributed by atoms with Gasteiger partial charge < -0.3 is 4.84 Å². The third-order valence-electron chi connectivity index (χ3n) is 2.95. The smallest absolute Gasteiger partial charge is 0.379 e. The number of benzene rings is 1. The number of aromatic nitrogens is 3. The largest absolute Gasteiger partial charge is 0.388 e. The highest BCUT2D eigenvalue weighted by molar-refractivity contribution is 5.32. The predicted molar refractivity (Wildman–Crippen MR) is 63.3 cm³/mol. The number of H-pyrrole nitrogens is 1. The summed E-state index contributed by atoms with van der Waals surface area (Å²) in [6.07, 6.45) is 2.37. The van der Waals surface area contributed by atoms with E-state index in [2.05, 4.69) is 10.1 Å². The lowest BCUT2D eigenvalue weighted by Crippen LogP contribution is -2.39. The van der Waals surface area contributed by atoms with Crippen molar-refractivity contribution in [2.45, 2.75) is 18.9 Å². The minimum Gasteiger partial charge on any atom is -0.388 e. The third-order valence-corrected chi connectivity index (χ3v) is 2.95. The standard InChI is InChI=1S/C12H11N3O3/c16-11-7-13-15(12(17)14-11)18-10-5-8-3-1-2-4-9(8)6-10/h1-4,7,10H,5-6H2,(H,14,16,17). The number of hydrogen-bond donors (Lipinski definition) is 1. The lowest BCUT2D eigenvalue weighted by Gasteiger charge is -2.11. The molecule has 1 aliphatic rings. The molecule has 1 N–H and O–H groups in total. The summed E-state index contributed by atoms with van der Waals surface area (Å²) in [5.74, 6) is 0. The van der Waals surface area contributed by atoms with Crippen LogP contribution in [-0.4, -0.2) is 21.0 Å². The molecule has 18 heavy (non-hydrogen) atoms. The Balaban J connectivity index is 1.80. The molecule has 3 rings (SSSR count). The number of nitrogens with one attached hydrogen (secondary N) is 1. The van der Waals surface area contributed by atoms with Gasteiger partial charge in [0.2, 0.25) is 0 Å². The van der Waals surface area contributed by atoms with Crippen LogP contribution >= 0.6 is 0 Å². The molecule has 0 aliphatic heterocycles. The van der Waals surface area contributed by atoms with E-state index < -0.39 is 11.2 Å². The Morgan fingerprint density at radius 1 is 1.22 bits per heavy atom. The van der Waals surface area contributed by atoms with E-state index in [1.54, 1.807) is 0 Å². The van der Waals surface area contributed by atoms with Gasteiger partial charge in [0.05, 0.1) is 0 Å². The van der Waals surface area contributed by atoms with Gasteiger partial charge in [-0.05, 0) is 16.0 Å². The minimum absolute atomic E-state index is 0.126. The number of rotatable bonds is 2. The molecule has 6 heteroatoms. The average molecular weight is 245 g/mol. The van der Waals surface area contributed by atoms with Crippen LogP contribution in [-0.2, 0) is 12.8 Å². The summed E-state index contributed by atoms with van der Waals surface area (Å²) in [5.41, 5.74) is 1.26. The minimum atomic E-state index is -0.654. The van der Waals surface area contributed by atoms with Gasteiger partial charge in [0.15, 0.2) is 0 Å². The Hall–Kier alpha value is -2.37. The summed E-state index contributed by atoms with van der Waals surface area (Å²) in [7, 11) is 0. The summed E-state index contributed by atoms with van der Waals surface area (Å²) in [6.45, 7) is 0. The lowest BCUT2D eigenvalue weighted by atomic mass is 10.1. The first-order valence-electron chi connectivity index (χ1n) is 5.65. The van der Waals surface area contributed by atoms with E-state index in [1.807, 2.05) is 24.3 Å². The number of nitrogens with zero attached hydrogens (tertiary/aromatic N) is 2. The van der Waals surface area contributed by atoms with Gasteiger partial charge in [0, 0.05) is 12.8 Å². The van der Waals surface area contributed by atoms with Gasteiger partial charge in [-0.3, -0.25) is 9.78 Å². The summed E-state index contributed by atoms with van der Waals surface area (Å²) < 4.78 is 0. The van der Waals surface area contributed by atoms with Crippen molar-refractivity contribution in [3.8, 4) is 0 Å². The fraction of sp³-hybridized carbons (Fsp3) is 0.250. The summed E-state index contributed by atoms with van der Waals surface area (Å²) in [4.78, 5) is 30.7. The molecule has 0 spiro atoms. The molecule has 0 fully saturated rings. The number of aromatic amines is 1. The van der Waals surface area contributed by atoms with Gasteiger partial charge in [-0.25, -0.2) is 4.79 Å². The molecule has 2 aromatic rings. The Bertz CT molecular complexity index is 664. The zero-order valence-corrected chi connectivity index (χ0v) is 9.50. The zero-order chi connectivity index (χ0) is 12.5. The first-order chi connectivity index (χ1) is 8.72. The van der Waals surface area contributed by atoms with Crippen LogP contribution in [0.3, 0.4) is 0 Å². The molecule has 1 aliphatic carbocycles. The normalized spacial score (nSPS) is 14.4. The SMILES string of the molecule is O=c1cnn(OC2Cc3ccccc3C2)c(=O)[nH]1. The maximum Gasteiger partial charge on any atom is 0.379 e. The molecular weight excluding hydrogens is 234 g/mol. The van der Waals surface area contributed by atoms with Crippen molar-refractivity contribution in [2.75, 3.05) is 0 Å². The molecular formula is C12H11N3O3. The molecule has 0 radical (unpaired) electrons. The fourth-order valence-corrected chi connectivity index (χ4v) is 2.15. The topological polar surface area (TPSA) is 77.0 Å². The van der Waals surface area contributed by atoms with Gasteiger partial charge in [-0.1, -0.05) is 24.3 Å². The van der Waals surface area contributed by atoms with Crippen molar-refractivity contribution < 1.29 is 4.84 Å². The maximum absolute atomic E-state index is 11.4. The summed E-state index contributed by atoms with van der Waals surface area (Å²) >= 11 is 0. The monoisotopic (exact) mass is 245 g/mol. The summed E-state index contributed by atoms with van der Waals surface area (Å²) in [5, 5.41) is 3.64. The predicted octanol–water partition coefficient (Wildman–Crippen LogP) is -0.472. The maximum atomic E-state index is 11.4.